The largest absolute Gasteiger partial charge is 0.409 e. The fourth-order valence-electron chi connectivity index (χ4n) is 4.17. The van der Waals surface area contributed by atoms with E-state index in [1.165, 1.54) is 18.2 Å². The Morgan fingerprint density at radius 1 is 1.17 bits per heavy atom. The third kappa shape index (κ3) is 6.59. The van der Waals surface area contributed by atoms with Crippen molar-refractivity contribution >= 4 is 66.0 Å². The van der Waals surface area contributed by atoms with Gasteiger partial charge in [0.1, 0.15) is 5.82 Å². The molecule has 2 aromatic carbocycles. The van der Waals surface area contributed by atoms with Crippen LogP contribution in [0, 0.1) is 5.82 Å². The highest BCUT2D eigenvalue weighted by molar-refractivity contribution is 9.10. The number of anilines is 2. The van der Waals surface area contributed by atoms with Gasteiger partial charge in [0.05, 0.1) is 27.5 Å². The predicted octanol–water partition coefficient (Wildman–Crippen LogP) is 3.12. The van der Waals surface area contributed by atoms with E-state index in [9.17, 15) is 26.8 Å². The van der Waals surface area contributed by atoms with Crippen LogP contribution in [0.4, 0.5) is 24.7 Å². The predicted molar refractivity (Wildman–Crippen MR) is 149 cm³/mol. The number of hydrogen-bond acceptors (Lipinski definition) is 9. The van der Waals surface area contributed by atoms with Crippen molar-refractivity contribution in [1.82, 2.24) is 20.0 Å². The van der Waals surface area contributed by atoms with Gasteiger partial charge in [-0.2, -0.15) is 0 Å². The second-order valence-corrected chi connectivity index (χ2v) is 11.7. The van der Waals surface area contributed by atoms with E-state index in [0.29, 0.717) is 21.8 Å². The summed E-state index contributed by atoms with van der Waals surface area (Å²) < 4.78 is 75.3. The minimum absolute atomic E-state index is 0.00772. The monoisotopic (exact) mass is 651 g/mol. The van der Waals surface area contributed by atoms with E-state index in [2.05, 4.69) is 51.7 Å². The second-order valence-electron chi connectivity index (χ2n) is 9.04. The number of fused-ring (bicyclic) bond motifs is 2. The normalized spacial score (nSPS) is 14.8. The van der Waals surface area contributed by atoms with Crippen molar-refractivity contribution in [3.63, 3.8) is 0 Å². The first kappa shape index (κ1) is 28.4. The van der Waals surface area contributed by atoms with Crippen molar-refractivity contribution in [3.8, 4) is 0 Å². The number of pyridine rings is 1. The molecule has 0 fully saturated rings. The molecule has 0 unspecified atom stereocenters. The van der Waals surface area contributed by atoms with E-state index < -0.39 is 33.9 Å². The van der Waals surface area contributed by atoms with Gasteiger partial charge >= 0.3 is 0 Å². The Labute approximate surface area is 239 Å². The molecule has 16 heteroatoms. The maximum atomic E-state index is 14.4. The molecule has 0 saturated heterocycles. The summed E-state index contributed by atoms with van der Waals surface area (Å²) in [5, 5.41) is 26.5. The van der Waals surface area contributed by atoms with Gasteiger partial charge in [-0.1, -0.05) is 23.4 Å². The van der Waals surface area contributed by atoms with Crippen LogP contribution in [0.3, 0.4) is 0 Å². The zero-order valence-corrected chi connectivity index (χ0v) is 23.3. The molecule has 1 aliphatic carbocycles. The van der Waals surface area contributed by atoms with Gasteiger partial charge in [-0.05, 0) is 63.0 Å². The van der Waals surface area contributed by atoms with Crippen LogP contribution in [0.2, 0.25) is 0 Å². The number of alkyl halides is 2. The van der Waals surface area contributed by atoms with Crippen molar-refractivity contribution in [3.05, 3.63) is 75.1 Å². The first-order chi connectivity index (χ1) is 19.5. The fraction of sp³-hybridized carbons (Fsp3) is 0.200. The smallest absolute Gasteiger partial charge is 0.274 e. The topological polar surface area (TPSA) is 155 Å². The summed E-state index contributed by atoms with van der Waals surface area (Å²) in [6, 6.07) is 12.6. The highest BCUT2D eigenvalue weighted by atomic mass is 79.9. The lowest BCUT2D eigenvalue weighted by molar-refractivity contribution is 0.0769. The van der Waals surface area contributed by atoms with Crippen LogP contribution in [0.15, 0.2) is 62.8 Å². The average Bonchev–Trinajstić information content (AvgIpc) is 3.38. The summed E-state index contributed by atoms with van der Waals surface area (Å²) in [6.45, 7) is 0.0605. The van der Waals surface area contributed by atoms with E-state index >= 15 is 0 Å². The highest BCUT2D eigenvalue weighted by Crippen LogP contribution is 2.26. The maximum Gasteiger partial charge on any atom is 0.274 e. The fourth-order valence-corrected chi connectivity index (χ4v) is 5.73. The Morgan fingerprint density at radius 3 is 2.76 bits per heavy atom. The molecule has 11 nitrogen and oxygen atoms in total. The van der Waals surface area contributed by atoms with Gasteiger partial charge in [0.25, 0.3) is 5.92 Å². The van der Waals surface area contributed by atoms with Gasteiger partial charge < -0.3 is 15.8 Å². The molecule has 1 aliphatic rings. The SMILES string of the molecule is O=S(=O)(CCCNc1nonc1C(=NO)Nc1ccc(F)c(Br)c1)NC1=c2cc3ccccc3nc2=CC(F)(F)C1. The summed E-state index contributed by atoms with van der Waals surface area (Å²) in [6.07, 6.45) is -0.0235. The Bertz CT molecular complexity index is 1880. The number of oxime groups is 1. The quantitative estimate of drug-likeness (QED) is 0.0702. The average molecular weight is 652 g/mol. The number of rotatable bonds is 9. The van der Waals surface area contributed by atoms with Crippen LogP contribution in [0.1, 0.15) is 18.5 Å². The molecule has 5 rings (SSSR count). The molecule has 0 radical (unpaired) electrons. The van der Waals surface area contributed by atoms with Gasteiger partial charge in [0.15, 0.2) is 5.69 Å². The molecule has 4 N–H and O–H groups in total. The zero-order valence-electron chi connectivity index (χ0n) is 20.9. The molecule has 4 aromatic rings. The van der Waals surface area contributed by atoms with Crippen LogP contribution >= 0.6 is 15.9 Å². The second kappa shape index (κ2) is 11.4. The Balaban J connectivity index is 1.25. The lowest BCUT2D eigenvalue weighted by Gasteiger charge is -2.20. The van der Waals surface area contributed by atoms with Gasteiger partial charge in [-0.3, -0.25) is 4.72 Å². The van der Waals surface area contributed by atoms with E-state index in [1.54, 1.807) is 30.3 Å². The molecule has 0 aliphatic heterocycles. The first-order valence-corrected chi connectivity index (χ1v) is 14.5. The number of sulfonamides is 1. The molecule has 214 valence electrons. The molecule has 0 amide bonds. The third-order valence-corrected chi connectivity index (χ3v) is 7.99. The minimum atomic E-state index is -4.02. The molecule has 0 bridgehead atoms. The summed E-state index contributed by atoms with van der Waals surface area (Å²) in [5.41, 5.74) is 0.723. The molecular formula is C25H21BrF3N7O4S. The van der Waals surface area contributed by atoms with Crippen LogP contribution < -0.4 is 25.9 Å². The first-order valence-electron chi connectivity index (χ1n) is 12.0. The van der Waals surface area contributed by atoms with E-state index in [-0.39, 0.29) is 45.8 Å². The lowest BCUT2D eigenvalue weighted by atomic mass is 10.0. The number of hydrogen-bond donors (Lipinski definition) is 4. The van der Waals surface area contributed by atoms with Crippen molar-refractivity contribution in [2.45, 2.75) is 18.8 Å². The number of para-hydroxylation sites is 1. The number of halogens is 4. The summed E-state index contributed by atoms with van der Waals surface area (Å²) in [5.74, 6) is -4.30. The minimum Gasteiger partial charge on any atom is -0.409 e. The van der Waals surface area contributed by atoms with Gasteiger partial charge in [-0.25, -0.2) is 31.2 Å². The van der Waals surface area contributed by atoms with Crippen LogP contribution in [0.5, 0.6) is 0 Å². The number of nitrogens with one attached hydrogen (secondary N) is 3. The van der Waals surface area contributed by atoms with E-state index in [4.69, 9.17) is 4.63 Å². The van der Waals surface area contributed by atoms with Crippen LogP contribution in [-0.4, -0.2) is 53.0 Å². The maximum absolute atomic E-state index is 14.4. The van der Waals surface area contributed by atoms with E-state index in [0.717, 1.165) is 6.08 Å². The van der Waals surface area contributed by atoms with Crippen molar-refractivity contribution < 1.29 is 31.4 Å². The zero-order chi connectivity index (χ0) is 29.2. The molecule has 41 heavy (non-hydrogen) atoms. The van der Waals surface area contributed by atoms with Gasteiger partial charge in [0.2, 0.25) is 21.7 Å². The van der Waals surface area contributed by atoms with Crippen molar-refractivity contribution in [1.29, 1.82) is 0 Å². The molecule has 2 heterocycles. The Morgan fingerprint density at radius 2 is 1.98 bits per heavy atom. The van der Waals surface area contributed by atoms with Crippen molar-refractivity contribution in [2.24, 2.45) is 5.16 Å². The summed E-state index contributed by atoms with van der Waals surface area (Å²) >= 11 is 3.06. The number of aromatic nitrogens is 3. The van der Waals surface area contributed by atoms with Gasteiger partial charge in [-0.15, -0.1) is 0 Å². The molecular weight excluding hydrogens is 631 g/mol. The summed E-state index contributed by atoms with van der Waals surface area (Å²) in [7, 11) is -4.02. The van der Waals surface area contributed by atoms with Crippen LogP contribution in [0.25, 0.3) is 22.7 Å². The third-order valence-electron chi connectivity index (χ3n) is 6.00. The van der Waals surface area contributed by atoms with E-state index in [1.807, 2.05) is 0 Å². The highest BCUT2D eigenvalue weighted by Gasteiger charge is 2.32. The molecule has 2 aromatic heterocycles. The Hall–Kier alpha value is -4.18. The number of amidine groups is 1. The van der Waals surface area contributed by atoms with Gasteiger partial charge in [0, 0.05) is 34.6 Å². The number of benzene rings is 2. The standard InChI is InChI=1S/C25H21BrF3N7O4S/c26-17-11-15(6-7-18(17)27)31-24(33-37)22-23(35-40-34-22)30-8-3-9-41(38,39)36-21-13-25(28,29)12-20-16(21)10-14-4-1-2-5-19(14)32-20/h1-2,4-7,10-12,36-37H,3,8-9,13H2,(H,30,35)(H,31,33). The Kier molecular flexibility index (Phi) is 7.86. The molecule has 0 atom stereocenters. The number of nitrogens with zero attached hydrogens (tertiary/aromatic N) is 4. The summed E-state index contributed by atoms with van der Waals surface area (Å²) in [4.78, 5) is 4.28. The molecule has 0 spiro atoms. The van der Waals surface area contributed by atoms with Crippen molar-refractivity contribution in [2.75, 3.05) is 22.9 Å². The van der Waals surface area contributed by atoms with Crippen LogP contribution in [-0.2, 0) is 10.0 Å². The molecule has 0 saturated carbocycles. The lowest BCUT2D eigenvalue weighted by Crippen LogP contribution is -2.43.